The van der Waals surface area contributed by atoms with Gasteiger partial charge in [-0.3, -0.25) is 0 Å². The molecule has 0 radical (unpaired) electrons. The summed E-state index contributed by atoms with van der Waals surface area (Å²) in [6, 6.07) is 2.27. The molecule has 2 rings (SSSR count). The van der Waals surface area contributed by atoms with Gasteiger partial charge in [0.1, 0.15) is 11.7 Å². The van der Waals surface area contributed by atoms with Gasteiger partial charge in [0.15, 0.2) is 0 Å². The Balaban J connectivity index is 2.20. The summed E-state index contributed by atoms with van der Waals surface area (Å²) >= 11 is 0. The quantitative estimate of drug-likeness (QED) is 0.819. The number of amidine groups is 1. The van der Waals surface area contributed by atoms with Crippen LogP contribution in [0.1, 0.15) is 12.5 Å². The SMILES string of the molecule is CC1CN(c2ccc(C(F)(F)F)cn2)N=C1N. The van der Waals surface area contributed by atoms with E-state index in [1.165, 1.54) is 11.1 Å². The topological polar surface area (TPSA) is 54.5 Å². The average molecular weight is 244 g/mol. The zero-order valence-electron chi connectivity index (χ0n) is 9.07. The molecule has 0 fully saturated rings. The van der Waals surface area contributed by atoms with Crippen LogP contribution in [0.3, 0.4) is 0 Å². The van der Waals surface area contributed by atoms with Crippen LogP contribution in [-0.4, -0.2) is 17.4 Å². The highest BCUT2D eigenvalue weighted by Gasteiger charge is 2.31. The maximum Gasteiger partial charge on any atom is 0.417 e. The summed E-state index contributed by atoms with van der Waals surface area (Å²) < 4.78 is 37.0. The van der Waals surface area contributed by atoms with Crippen LogP contribution >= 0.6 is 0 Å². The van der Waals surface area contributed by atoms with Crippen LogP contribution in [0.5, 0.6) is 0 Å². The van der Waals surface area contributed by atoms with Crippen molar-refractivity contribution in [1.82, 2.24) is 4.98 Å². The fourth-order valence-corrected chi connectivity index (χ4v) is 1.48. The molecule has 2 heterocycles. The molecule has 1 unspecified atom stereocenters. The minimum absolute atomic E-state index is 0.0825. The maximum absolute atomic E-state index is 12.3. The molecule has 1 atom stereocenters. The lowest BCUT2D eigenvalue weighted by Crippen LogP contribution is -2.20. The number of nitrogens with zero attached hydrogens (tertiary/aromatic N) is 3. The third-order valence-electron chi connectivity index (χ3n) is 2.53. The van der Waals surface area contributed by atoms with Crippen LogP contribution in [0.15, 0.2) is 23.4 Å². The largest absolute Gasteiger partial charge is 0.417 e. The van der Waals surface area contributed by atoms with E-state index in [4.69, 9.17) is 5.73 Å². The summed E-state index contributed by atoms with van der Waals surface area (Å²) in [5.41, 5.74) is 4.83. The second-order valence-corrected chi connectivity index (χ2v) is 3.91. The summed E-state index contributed by atoms with van der Waals surface area (Å²) in [6.07, 6.45) is -3.57. The van der Waals surface area contributed by atoms with Gasteiger partial charge in [-0.2, -0.15) is 18.3 Å². The van der Waals surface area contributed by atoms with Crippen LogP contribution in [0.4, 0.5) is 19.0 Å². The van der Waals surface area contributed by atoms with Gasteiger partial charge < -0.3 is 5.73 Å². The molecular formula is C10H11F3N4. The van der Waals surface area contributed by atoms with E-state index in [2.05, 4.69) is 10.1 Å². The lowest BCUT2D eigenvalue weighted by molar-refractivity contribution is -0.137. The van der Waals surface area contributed by atoms with Crippen molar-refractivity contribution >= 4 is 11.7 Å². The molecule has 1 aliphatic heterocycles. The second-order valence-electron chi connectivity index (χ2n) is 3.91. The summed E-state index contributed by atoms with van der Waals surface area (Å²) in [4.78, 5) is 3.74. The van der Waals surface area contributed by atoms with Crippen molar-refractivity contribution in [3.8, 4) is 0 Å². The first-order valence-corrected chi connectivity index (χ1v) is 5.02. The zero-order valence-corrected chi connectivity index (χ0v) is 9.07. The molecule has 0 saturated carbocycles. The van der Waals surface area contributed by atoms with Crippen LogP contribution in [0.2, 0.25) is 0 Å². The Morgan fingerprint density at radius 2 is 2.12 bits per heavy atom. The van der Waals surface area contributed by atoms with Gasteiger partial charge in [-0.1, -0.05) is 6.92 Å². The third kappa shape index (κ3) is 2.32. The molecule has 0 spiro atoms. The Kier molecular flexibility index (Phi) is 2.68. The molecular weight excluding hydrogens is 233 g/mol. The van der Waals surface area contributed by atoms with Crippen LogP contribution < -0.4 is 10.7 Å². The molecule has 0 amide bonds. The van der Waals surface area contributed by atoms with E-state index in [0.717, 1.165) is 12.3 Å². The Morgan fingerprint density at radius 3 is 2.53 bits per heavy atom. The molecule has 0 bridgehead atoms. The number of rotatable bonds is 1. The van der Waals surface area contributed by atoms with E-state index in [0.29, 0.717) is 18.2 Å². The number of nitrogens with two attached hydrogens (primary N) is 1. The number of hydrogen-bond donors (Lipinski definition) is 1. The Bertz CT molecular complexity index is 438. The fraction of sp³-hybridized carbons (Fsp3) is 0.400. The number of alkyl halides is 3. The van der Waals surface area contributed by atoms with Gasteiger partial charge in [-0.15, -0.1) is 0 Å². The molecule has 1 aliphatic rings. The van der Waals surface area contributed by atoms with Gasteiger partial charge in [0.25, 0.3) is 0 Å². The summed E-state index contributed by atoms with van der Waals surface area (Å²) in [5.74, 6) is 0.913. The normalized spacial score (nSPS) is 20.6. The van der Waals surface area contributed by atoms with Gasteiger partial charge in [0, 0.05) is 12.1 Å². The predicted molar refractivity (Wildman–Crippen MR) is 57.4 cm³/mol. The van der Waals surface area contributed by atoms with E-state index >= 15 is 0 Å². The number of aromatic nitrogens is 1. The third-order valence-corrected chi connectivity index (χ3v) is 2.53. The first-order valence-electron chi connectivity index (χ1n) is 5.02. The van der Waals surface area contributed by atoms with Crippen molar-refractivity contribution in [3.63, 3.8) is 0 Å². The van der Waals surface area contributed by atoms with Crippen molar-refractivity contribution in [2.24, 2.45) is 16.8 Å². The molecule has 1 aromatic heterocycles. The molecule has 0 aliphatic carbocycles. The number of hydrazone groups is 1. The standard InChI is InChI=1S/C10H11F3N4/c1-6-5-17(16-9(6)14)8-3-2-7(4-15-8)10(11,12)13/h2-4,6H,5H2,1H3,(H2,14,16). The van der Waals surface area contributed by atoms with Gasteiger partial charge in [0.2, 0.25) is 0 Å². The molecule has 92 valence electrons. The number of pyridine rings is 1. The highest BCUT2D eigenvalue weighted by molar-refractivity contribution is 5.86. The lowest BCUT2D eigenvalue weighted by Gasteiger charge is -2.14. The molecule has 0 aromatic carbocycles. The molecule has 4 nitrogen and oxygen atoms in total. The predicted octanol–water partition coefficient (Wildman–Crippen LogP) is 1.83. The molecule has 2 N–H and O–H groups in total. The van der Waals surface area contributed by atoms with E-state index in [1.807, 2.05) is 6.92 Å². The van der Waals surface area contributed by atoms with Gasteiger partial charge in [0.05, 0.1) is 12.1 Å². The van der Waals surface area contributed by atoms with Crippen LogP contribution in [0.25, 0.3) is 0 Å². The molecule has 17 heavy (non-hydrogen) atoms. The van der Waals surface area contributed by atoms with Crippen molar-refractivity contribution < 1.29 is 13.2 Å². The smallest absolute Gasteiger partial charge is 0.385 e. The summed E-state index contributed by atoms with van der Waals surface area (Å²) in [5, 5.41) is 5.52. The van der Waals surface area contributed by atoms with E-state index in [1.54, 1.807) is 0 Å². The van der Waals surface area contributed by atoms with E-state index < -0.39 is 11.7 Å². The maximum atomic E-state index is 12.3. The Hall–Kier alpha value is -1.79. The highest BCUT2D eigenvalue weighted by atomic mass is 19.4. The van der Waals surface area contributed by atoms with Crippen molar-refractivity contribution in [3.05, 3.63) is 23.9 Å². The van der Waals surface area contributed by atoms with Crippen LogP contribution in [0, 0.1) is 5.92 Å². The summed E-state index contributed by atoms with van der Waals surface area (Å²) in [6.45, 7) is 2.42. The van der Waals surface area contributed by atoms with Gasteiger partial charge in [-0.05, 0) is 12.1 Å². The second kappa shape index (κ2) is 3.90. The molecule has 7 heteroatoms. The minimum Gasteiger partial charge on any atom is -0.385 e. The van der Waals surface area contributed by atoms with Crippen molar-refractivity contribution in [2.75, 3.05) is 11.6 Å². The first kappa shape index (κ1) is 11.7. The number of hydrogen-bond acceptors (Lipinski definition) is 4. The summed E-state index contributed by atoms with van der Waals surface area (Å²) in [7, 11) is 0. The van der Waals surface area contributed by atoms with Crippen LogP contribution in [-0.2, 0) is 6.18 Å². The van der Waals surface area contributed by atoms with Gasteiger partial charge in [-0.25, -0.2) is 9.99 Å². The Labute approximate surface area is 95.9 Å². The number of halogens is 3. The van der Waals surface area contributed by atoms with E-state index in [-0.39, 0.29) is 5.92 Å². The van der Waals surface area contributed by atoms with E-state index in [9.17, 15) is 13.2 Å². The molecule has 1 aromatic rings. The number of anilines is 1. The first-order chi connectivity index (χ1) is 7.88. The van der Waals surface area contributed by atoms with Crippen molar-refractivity contribution in [1.29, 1.82) is 0 Å². The highest BCUT2D eigenvalue weighted by Crippen LogP contribution is 2.29. The van der Waals surface area contributed by atoms with Gasteiger partial charge >= 0.3 is 6.18 Å². The molecule has 0 saturated heterocycles. The zero-order chi connectivity index (χ0) is 12.6. The minimum atomic E-state index is -4.37. The monoisotopic (exact) mass is 244 g/mol. The lowest BCUT2D eigenvalue weighted by atomic mass is 10.2. The average Bonchev–Trinajstić information content (AvgIpc) is 2.58. The fourth-order valence-electron chi connectivity index (χ4n) is 1.48. The van der Waals surface area contributed by atoms with Crippen molar-refractivity contribution in [2.45, 2.75) is 13.1 Å². The Morgan fingerprint density at radius 1 is 1.41 bits per heavy atom.